The molecule has 0 aliphatic rings. The maximum absolute atomic E-state index is 12.4. The van der Waals surface area contributed by atoms with Crippen molar-refractivity contribution in [2.45, 2.75) is 12.8 Å². The molecule has 0 spiro atoms. The third-order valence-electron chi connectivity index (χ3n) is 2.33. The normalized spacial score (nSPS) is 11.8. The molecular formula is C12H9F3OS. The molecule has 1 nitrogen and oxygen atoms in total. The average Bonchev–Trinajstić information content (AvgIpc) is 2.76. The highest BCUT2D eigenvalue weighted by molar-refractivity contribution is 7.13. The van der Waals surface area contributed by atoms with Crippen molar-refractivity contribution in [1.82, 2.24) is 0 Å². The van der Waals surface area contributed by atoms with Gasteiger partial charge in [-0.1, -0.05) is 12.1 Å². The fourth-order valence-corrected chi connectivity index (χ4v) is 2.35. The van der Waals surface area contributed by atoms with Gasteiger partial charge in [0.25, 0.3) is 0 Å². The second-order valence-electron chi connectivity index (χ2n) is 3.55. The van der Waals surface area contributed by atoms with Gasteiger partial charge in [-0.3, -0.25) is 0 Å². The van der Waals surface area contributed by atoms with Gasteiger partial charge in [0.2, 0.25) is 0 Å². The Kier molecular flexibility index (Phi) is 3.22. The summed E-state index contributed by atoms with van der Waals surface area (Å²) in [4.78, 5) is 0.850. The second-order valence-corrected chi connectivity index (χ2v) is 4.46. The molecule has 2 aromatic rings. The van der Waals surface area contributed by atoms with Crippen molar-refractivity contribution in [2.24, 2.45) is 0 Å². The highest BCUT2D eigenvalue weighted by Crippen LogP contribution is 2.32. The van der Waals surface area contributed by atoms with Crippen molar-refractivity contribution in [1.29, 1.82) is 0 Å². The molecule has 0 saturated carbocycles. The molecule has 1 heterocycles. The van der Waals surface area contributed by atoms with Gasteiger partial charge in [0.05, 0.1) is 12.2 Å². The number of thiophene rings is 1. The van der Waals surface area contributed by atoms with Crippen LogP contribution in [0.3, 0.4) is 0 Å². The molecule has 0 atom stereocenters. The summed E-state index contributed by atoms with van der Waals surface area (Å²) >= 11 is 1.40. The maximum Gasteiger partial charge on any atom is 0.416 e. The van der Waals surface area contributed by atoms with E-state index in [-0.39, 0.29) is 6.61 Å². The fraction of sp³-hybridized carbons (Fsp3) is 0.167. The Morgan fingerprint density at radius 3 is 2.24 bits per heavy atom. The van der Waals surface area contributed by atoms with Crippen LogP contribution in [0, 0.1) is 0 Å². The van der Waals surface area contributed by atoms with Crippen molar-refractivity contribution in [3.63, 3.8) is 0 Å². The van der Waals surface area contributed by atoms with Gasteiger partial charge < -0.3 is 5.11 Å². The van der Waals surface area contributed by atoms with Crippen LogP contribution >= 0.6 is 11.3 Å². The van der Waals surface area contributed by atoms with Crippen LogP contribution in [0.25, 0.3) is 10.4 Å². The van der Waals surface area contributed by atoms with E-state index in [0.29, 0.717) is 0 Å². The average molecular weight is 258 g/mol. The number of hydrogen-bond acceptors (Lipinski definition) is 2. The predicted molar refractivity (Wildman–Crippen MR) is 60.7 cm³/mol. The van der Waals surface area contributed by atoms with E-state index in [2.05, 4.69) is 0 Å². The minimum atomic E-state index is -4.30. The summed E-state index contributed by atoms with van der Waals surface area (Å²) in [5.74, 6) is 0. The van der Waals surface area contributed by atoms with E-state index in [1.807, 2.05) is 0 Å². The summed E-state index contributed by atoms with van der Waals surface area (Å²) in [5.41, 5.74) is 0.841. The molecule has 0 aliphatic carbocycles. The quantitative estimate of drug-likeness (QED) is 0.865. The third-order valence-corrected chi connectivity index (χ3v) is 3.36. The third kappa shape index (κ3) is 2.68. The van der Waals surface area contributed by atoms with Gasteiger partial charge in [-0.25, -0.2) is 0 Å². The van der Waals surface area contributed by atoms with E-state index in [9.17, 15) is 13.2 Å². The largest absolute Gasteiger partial charge is 0.416 e. The molecule has 5 heteroatoms. The Morgan fingerprint density at radius 1 is 1.12 bits per heavy atom. The lowest BCUT2D eigenvalue weighted by atomic mass is 10.1. The molecule has 1 N–H and O–H groups in total. The molecule has 1 aromatic carbocycles. The highest BCUT2D eigenvalue weighted by Gasteiger charge is 2.29. The van der Waals surface area contributed by atoms with Crippen molar-refractivity contribution in [3.05, 3.63) is 46.8 Å². The molecule has 17 heavy (non-hydrogen) atoms. The lowest BCUT2D eigenvalue weighted by molar-refractivity contribution is -0.137. The van der Waals surface area contributed by atoms with Crippen LogP contribution < -0.4 is 0 Å². The molecule has 0 bridgehead atoms. The van der Waals surface area contributed by atoms with E-state index in [0.717, 1.165) is 28.1 Å². The van der Waals surface area contributed by atoms with Crippen LogP contribution in [0.2, 0.25) is 0 Å². The first kappa shape index (κ1) is 12.1. The fourth-order valence-electron chi connectivity index (χ4n) is 1.43. The first-order chi connectivity index (χ1) is 8.00. The van der Waals surface area contributed by atoms with Gasteiger partial charge in [0.15, 0.2) is 0 Å². The number of aliphatic hydroxyl groups is 1. The van der Waals surface area contributed by atoms with Crippen LogP contribution in [0.1, 0.15) is 11.1 Å². The molecule has 90 valence electrons. The summed E-state index contributed by atoms with van der Waals surface area (Å²) in [5, 5.41) is 10.7. The molecule has 0 radical (unpaired) electrons. The summed E-state index contributed by atoms with van der Waals surface area (Å²) < 4.78 is 37.1. The molecule has 0 aliphatic heterocycles. The Bertz CT molecular complexity index is 499. The van der Waals surface area contributed by atoms with Crippen molar-refractivity contribution in [2.75, 3.05) is 0 Å². The minimum Gasteiger partial charge on any atom is -0.392 e. The predicted octanol–water partition coefficient (Wildman–Crippen LogP) is 3.93. The summed E-state index contributed by atoms with van der Waals surface area (Å²) in [6.45, 7) is -0.0584. The maximum atomic E-state index is 12.4. The first-order valence-electron chi connectivity index (χ1n) is 4.86. The van der Waals surface area contributed by atoms with E-state index < -0.39 is 11.7 Å². The summed E-state index contributed by atoms with van der Waals surface area (Å²) in [7, 11) is 0. The topological polar surface area (TPSA) is 20.2 Å². The van der Waals surface area contributed by atoms with Crippen molar-refractivity contribution in [3.8, 4) is 10.4 Å². The Balaban J connectivity index is 2.29. The zero-order valence-electron chi connectivity index (χ0n) is 8.66. The van der Waals surface area contributed by atoms with Crippen molar-refractivity contribution < 1.29 is 18.3 Å². The molecule has 0 saturated heterocycles. The number of aliphatic hydroxyl groups excluding tert-OH is 1. The molecule has 0 fully saturated rings. The zero-order valence-corrected chi connectivity index (χ0v) is 9.48. The van der Waals surface area contributed by atoms with E-state index in [1.54, 1.807) is 11.4 Å². The molecule has 0 amide bonds. The monoisotopic (exact) mass is 258 g/mol. The molecular weight excluding hydrogens is 249 g/mol. The van der Waals surface area contributed by atoms with Crippen LogP contribution in [0.15, 0.2) is 35.7 Å². The van der Waals surface area contributed by atoms with E-state index >= 15 is 0 Å². The Hall–Kier alpha value is -1.33. The summed E-state index contributed by atoms with van der Waals surface area (Å²) in [6, 6.07) is 6.78. The highest BCUT2D eigenvalue weighted by atomic mass is 32.1. The SMILES string of the molecule is OCc1csc(-c2ccc(C(F)(F)F)cc2)c1. The van der Waals surface area contributed by atoms with E-state index in [1.165, 1.54) is 23.5 Å². The lowest BCUT2D eigenvalue weighted by Crippen LogP contribution is -2.03. The van der Waals surface area contributed by atoms with Gasteiger partial charge >= 0.3 is 6.18 Å². The Morgan fingerprint density at radius 2 is 1.76 bits per heavy atom. The van der Waals surface area contributed by atoms with E-state index in [4.69, 9.17) is 5.11 Å². The van der Waals surface area contributed by atoms with Gasteiger partial charge in [0, 0.05) is 4.88 Å². The van der Waals surface area contributed by atoms with Crippen LogP contribution in [-0.4, -0.2) is 5.11 Å². The van der Waals surface area contributed by atoms with Crippen LogP contribution in [0.5, 0.6) is 0 Å². The number of alkyl halides is 3. The van der Waals surface area contributed by atoms with Crippen LogP contribution in [-0.2, 0) is 12.8 Å². The number of hydrogen-bond donors (Lipinski definition) is 1. The van der Waals surface area contributed by atoms with Gasteiger partial charge in [-0.2, -0.15) is 13.2 Å². The minimum absolute atomic E-state index is 0.0584. The summed E-state index contributed by atoms with van der Waals surface area (Å²) in [6.07, 6.45) is -4.30. The zero-order chi connectivity index (χ0) is 12.5. The smallest absolute Gasteiger partial charge is 0.392 e. The van der Waals surface area contributed by atoms with Crippen molar-refractivity contribution >= 4 is 11.3 Å². The first-order valence-corrected chi connectivity index (χ1v) is 5.74. The lowest BCUT2D eigenvalue weighted by Gasteiger charge is -2.06. The Labute approximate surface area is 100 Å². The number of rotatable bonds is 2. The molecule has 0 unspecified atom stereocenters. The van der Waals surface area contributed by atoms with Gasteiger partial charge in [-0.05, 0) is 34.7 Å². The molecule has 2 rings (SSSR count). The standard InChI is InChI=1S/C12H9F3OS/c13-12(14,15)10-3-1-9(2-4-10)11-5-8(6-16)7-17-11/h1-5,7,16H,6H2. The van der Waals surface area contributed by atoms with Gasteiger partial charge in [0.1, 0.15) is 0 Å². The number of halogens is 3. The van der Waals surface area contributed by atoms with Crippen LogP contribution in [0.4, 0.5) is 13.2 Å². The molecule has 1 aromatic heterocycles. The second kappa shape index (κ2) is 4.50. The number of benzene rings is 1. The van der Waals surface area contributed by atoms with Gasteiger partial charge in [-0.15, -0.1) is 11.3 Å².